The SMILES string of the molecule is Brc1ccc(CNCc2cccc3c2NCC3)cc1. The molecule has 0 atom stereocenters. The van der Waals surface area contributed by atoms with Gasteiger partial charge in [-0.25, -0.2) is 0 Å². The van der Waals surface area contributed by atoms with Gasteiger partial charge in [0, 0.05) is 29.8 Å². The molecule has 0 spiro atoms. The maximum atomic E-state index is 3.51. The Hall–Kier alpha value is -1.32. The summed E-state index contributed by atoms with van der Waals surface area (Å²) in [7, 11) is 0. The fraction of sp³-hybridized carbons (Fsp3) is 0.250. The van der Waals surface area contributed by atoms with Crippen molar-refractivity contribution in [2.45, 2.75) is 19.5 Å². The van der Waals surface area contributed by atoms with Gasteiger partial charge in [-0.2, -0.15) is 0 Å². The molecule has 1 heterocycles. The van der Waals surface area contributed by atoms with Gasteiger partial charge in [0.2, 0.25) is 0 Å². The lowest BCUT2D eigenvalue weighted by Gasteiger charge is -2.10. The minimum atomic E-state index is 0.900. The van der Waals surface area contributed by atoms with Crippen LogP contribution in [-0.2, 0) is 19.5 Å². The Labute approximate surface area is 122 Å². The molecule has 0 fully saturated rings. The lowest BCUT2D eigenvalue weighted by Crippen LogP contribution is -2.13. The first-order chi connectivity index (χ1) is 9.33. The molecule has 2 nitrogen and oxygen atoms in total. The summed E-state index contributed by atoms with van der Waals surface area (Å²) >= 11 is 3.46. The Morgan fingerprint density at radius 3 is 2.74 bits per heavy atom. The van der Waals surface area contributed by atoms with Crippen molar-refractivity contribution in [3.8, 4) is 0 Å². The highest BCUT2D eigenvalue weighted by Gasteiger charge is 2.12. The van der Waals surface area contributed by atoms with Gasteiger partial charge in [-0.15, -0.1) is 0 Å². The van der Waals surface area contributed by atoms with Gasteiger partial charge in [0.1, 0.15) is 0 Å². The Balaban J connectivity index is 1.61. The van der Waals surface area contributed by atoms with Crippen LogP contribution in [0.4, 0.5) is 5.69 Å². The number of hydrogen-bond acceptors (Lipinski definition) is 2. The third-order valence-electron chi connectivity index (χ3n) is 3.49. The minimum Gasteiger partial charge on any atom is -0.384 e. The number of rotatable bonds is 4. The maximum Gasteiger partial charge on any atom is 0.0419 e. The summed E-state index contributed by atoms with van der Waals surface area (Å²) in [5.74, 6) is 0. The number of benzene rings is 2. The molecule has 1 aliphatic rings. The van der Waals surface area contributed by atoms with Crippen LogP contribution in [0.25, 0.3) is 0 Å². The third kappa shape index (κ3) is 2.99. The van der Waals surface area contributed by atoms with Gasteiger partial charge >= 0.3 is 0 Å². The molecule has 0 saturated heterocycles. The number of halogens is 1. The Morgan fingerprint density at radius 1 is 1.05 bits per heavy atom. The van der Waals surface area contributed by atoms with Crippen molar-refractivity contribution in [2.75, 3.05) is 11.9 Å². The van der Waals surface area contributed by atoms with Crippen LogP contribution in [0, 0.1) is 0 Å². The quantitative estimate of drug-likeness (QED) is 0.898. The van der Waals surface area contributed by atoms with Crippen molar-refractivity contribution in [3.63, 3.8) is 0 Å². The standard InChI is InChI=1S/C16H17BrN2/c17-15-6-4-12(5-7-15)10-18-11-14-3-1-2-13-8-9-19-16(13)14/h1-7,18-19H,8-11H2. The van der Waals surface area contributed by atoms with E-state index in [1.54, 1.807) is 0 Å². The molecular weight excluding hydrogens is 300 g/mol. The third-order valence-corrected chi connectivity index (χ3v) is 4.02. The molecule has 19 heavy (non-hydrogen) atoms. The van der Waals surface area contributed by atoms with Crippen LogP contribution in [0.15, 0.2) is 46.9 Å². The molecule has 0 radical (unpaired) electrons. The van der Waals surface area contributed by atoms with Crippen molar-refractivity contribution >= 4 is 21.6 Å². The van der Waals surface area contributed by atoms with Crippen molar-refractivity contribution in [1.29, 1.82) is 0 Å². The number of anilines is 1. The first-order valence-corrected chi connectivity index (χ1v) is 7.42. The monoisotopic (exact) mass is 316 g/mol. The van der Waals surface area contributed by atoms with Crippen molar-refractivity contribution in [2.24, 2.45) is 0 Å². The zero-order valence-electron chi connectivity index (χ0n) is 10.7. The molecule has 0 bridgehead atoms. The summed E-state index contributed by atoms with van der Waals surface area (Å²) < 4.78 is 1.13. The summed E-state index contributed by atoms with van der Waals surface area (Å²) in [5.41, 5.74) is 5.46. The fourth-order valence-corrected chi connectivity index (χ4v) is 2.77. The van der Waals surface area contributed by atoms with Crippen molar-refractivity contribution in [1.82, 2.24) is 5.32 Å². The lowest BCUT2D eigenvalue weighted by molar-refractivity contribution is 0.694. The smallest absolute Gasteiger partial charge is 0.0419 e. The second-order valence-electron chi connectivity index (χ2n) is 4.86. The van der Waals surface area contributed by atoms with Gasteiger partial charge in [0.15, 0.2) is 0 Å². The summed E-state index contributed by atoms with van der Waals surface area (Å²) in [6.07, 6.45) is 1.15. The Bertz CT molecular complexity index is 563. The van der Waals surface area contributed by atoms with Gasteiger partial charge in [-0.05, 0) is 35.2 Å². The van der Waals surface area contributed by atoms with Crippen LogP contribution >= 0.6 is 15.9 Å². The van der Waals surface area contributed by atoms with Crippen LogP contribution in [0.1, 0.15) is 16.7 Å². The van der Waals surface area contributed by atoms with E-state index in [2.05, 4.69) is 69.0 Å². The second-order valence-corrected chi connectivity index (χ2v) is 5.77. The van der Waals surface area contributed by atoms with Crippen molar-refractivity contribution < 1.29 is 0 Å². The zero-order valence-corrected chi connectivity index (χ0v) is 12.3. The van der Waals surface area contributed by atoms with E-state index < -0.39 is 0 Å². The summed E-state index contributed by atoms with van der Waals surface area (Å²) in [6, 6.07) is 15.0. The predicted octanol–water partition coefficient (Wildman–Crippen LogP) is 3.71. The van der Waals surface area contributed by atoms with Crippen LogP contribution in [0.2, 0.25) is 0 Å². The van der Waals surface area contributed by atoms with E-state index in [1.807, 2.05) is 0 Å². The van der Waals surface area contributed by atoms with Crippen LogP contribution in [0.3, 0.4) is 0 Å². The Morgan fingerprint density at radius 2 is 1.89 bits per heavy atom. The van der Waals surface area contributed by atoms with E-state index in [4.69, 9.17) is 0 Å². The van der Waals surface area contributed by atoms with Gasteiger partial charge in [0.05, 0.1) is 0 Å². The van der Waals surface area contributed by atoms with E-state index in [9.17, 15) is 0 Å². The normalized spacial score (nSPS) is 13.1. The molecule has 0 aromatic heterocycles. The molecule has 1 aliphatic heterocycles. The van der Waals surface area contributed by atoms with Crippen LogP contribution in [0.5, 0.6) is 0 Å². The number of nitrogens with one attached hydrogen (secondary N) is 2. The van der Waals surface area contributed by atoms with Gasteiger partial charge < -0.3 is 10.6 Å². The molecule has 0 aliphatic carbocycles. The first kappa shape index (κ1) is 12.7. The molecule has 3 heteroatoms. The summed E-state index contributed by atoms with van der Waals surface area (Å²) in [4.78, 5) is 0. The van der Waals surface area contributed by atoms with E-state index in [1.165, 1.54) is 22.4 Å². The van der Waals surface area contributed by atoms with Crippen LogP contribution < -0.4 is 10.6 Å². The van der Waals surface area contributed by atoms with Gasteiger partial charge in [-0.1, -0.05) is 46.3 Å². The number of hydrogen-bond donors (Lipinski definition) is 2. The molecule has 0 amide bonds. The molecular formula is C16H17BrN2. The highest BCUT2D eigenvalue weighted by atomic mass is 79.9. The highest BCUT2D eigenvalue weighted by molar-refractivity contribution is 9.10. The molecule has 0 saturated carbocycles. The molecule has 0 unspecified atom stereocenters. The number of fused-ring (bicyclic) bond motifs is 1. The summed E-state index contributed by atoms with van der Waals surface area (Å²) in [5, 5.41) is 6.99. The fourth-order valence-electron chi connectivity index (χ4n) is 2.50. The lowest BCUT2D eigenvalue weighted by atomic mass is 10.1. The van der Waals surface area contributed by atoms with Gasteiger partial charge in [-0.3, -0.25) is 0 Å². The topological polar surface area (TPSA) is 24.1 Å². The van der Waals surface area contributed by atoms with Crippen molar-refractivity contribution in [3.05, 3.63) is 63.6 Å². The molecule has 2 aromatic carbocycles. The van der Waals surface area contributed by atoms with E-state index >= 15 is 0 Å². The van der Waals surface area contributed by atoms with Crippen LogP contribution in [-0.4, -0.2) is 6.54 Å². The number of para-hydroxylation sites is 1. The minimum absolute atomic E-state index is 0.900. The maximum absolute atomic E-state index is 3.51. The Kier molecular flexibility index (Phi) is 3.85. The molecule has 3 rings (SSSR count). The van der Waals surface area contributed by atoms with E-state index in [-0.39, 0.29) is 0 Å². The largest absolute Gasteiger partial charge is 0.384 e. The highest BCUT2D eigenvalue weighted by Crippen LogP contribution is 2.26. The first-order valence-electron chi connectivity index (χ1n) is 6.63. The summed E-state index contributed by atoms with van der Waals surface area (Å²) in [6.45, 7) is 2.88. The predicted molar refractivity (Wildman–Crippen MR) is 83.3 cm³/mol. The molecule has 98 valence electrons. The van der Waals surface area contributed by atoms with E-state index in [0.29, 0.717) is 0 Å². The van der Waals surface area contributed by atoms with Gasteiger partial charge in [0.25, 0.3) is 0 Å². The average Bonchev–Trinajstić information content (AvgIpc) is 2.90. The second kappa shape index (κ2) is 5.76. The van der Waals surface area contributed by atoms with E-state index in [0.717, 1.165) is 30.5 Å². The zero-order chi connectivity index (χ0) is 13.1. The molecule has 2 aromatic rings. The molecule has 2 N–H and O–H groups in total. The average molecular weight is 317 g/mol.